The van der Waals surface area contributed by atoms with Gasteiger partial charge >= 0.3 is 11.9 Å². The van der Waals surface area contributed by atoms with Crippen LogP contribution in [0.3, 0.4) is 0 Å². The summed E-state index contributed by atoms with van der Waals surface area (Å²) < 4.78 is 0. The van der Waals surface area contributed by atoms with Crippen LogP contribution < -0.4 is 33.2 Å². The van der Waals surface area contributed by atoms with Crippen LogP contribution in [-0.4, -0.2) is 86.5 Å². The molecule has 0 fully saturated rings. The van der Waals surface area contributed by atoms with Crippen LogP contribution in [-0.2, 0) is 36.8 Å². The molecule has 0 aliphatic heterocycles. The molecule has 2 aromatic rings. The number of benzene rings is 1. The zero-order chi connectivity index (χ0) is 30.4. The second kappa shape index (κ2) is 16.2. The molecule has 41 heavy (non-hydrogen) atoms. The number of rotatable bonds is 17. The Labute approximate surface area is 235 Å². The summed E-state index contributed by atoms with van der Waals surface area (Å²) >= 11 is 0. The van der Waals surface area contributed by atoms with Crippen molar-refractivity contribution >= 4 is 35.6 Å². The Morgan fingerprint density at radius 3 is 2.12 bits per heavy atom. The maximum absolute atomic E-state index is 13.4. The van der Waals surface area contributed by atoms with Crippen LogP contribution in [0.2, 0.25) is 0 Å². The number of carbonyl (C=O) groups excluding carboxylic acids is 3. The highest BCUT2D eigenvalue weighted by Crippen LogP contribution is 2.07. The van der Waals surface area contributed by atoms with E-state index in [1.807, 2.05) is 0 Å². The first-order valence-corrected chi connectivity index (χ1v) is 12.6. The van der Waals surface area contributed by atoms with E-state index in [1.54, 1.807) is 30.3 Å². The first kappa shape index (κ1) is 32.2. The molecule has 3 amide bonds. The number of nitrogens with zero attached hydrogens (tertiary/aromatic N) is 2. The lowest BCUT2D eigenvalue weighted by atomic mass is 10.0. The highest BCUT2D eigenvalue weighted by molar-refractivity contribution is 5.94. The van der Waals surface area contributed by atoms with Gasteiger partial charge in [-0.05, 0) is 18.4 Å². The molecule has 0 saturated carbocycles. The van der Waals surface area contributed by atoms with Crippen molar-refractivity contribution in [2.24, 2.45) is 22.2 Å². The van der Waals surface area contributed by atoms with Crippen LogP contribution in [0.1, 0.15) is 30.5 Å². The minimum atomic E-state index is -1.74. The summed E-state index contributed by atoms with van der Waals surface area (Å²) in [5.41, 5.74) is 18.0. The fraction of sp³-hybridized carbons (Fsp3) is 0.400. The van der Waals surface area contributed by atoms with E-state index in [2.05, 4.69) is 30.9 Å². The standard InChI is InChI=1S/C25H35N9O7/c26-16(10-15-12-29-13-31-15)21(37)33-18(9-14-5-2-1-3-6-14)23(39)32-17(7-4-8-30-25(27)28)22(38)34-19(24(40)41)11-20(35)36/h1-3,5-6,12-13,16-19H,4,7-11,26H2,(H,29,31)(H,32,39)(H,33,37)(H,34,38)(H,35,36)(H,40,41)(H4,27,28,30)/t16-,17-,18-,19-/m0/s1. The number of aromatic nitrogens is 2. The first-order chi connectivity index (χ1) is 19.5. The third kappa shape index (κ3) is 11.7. The van der Waals surface area contributed by atoms with Crippen LogP contribution in [0.25, 0.3) is 0 Å². The van der Waals surface area contributed by atoms with Gasteiger partial charge in [0.2, 0.25) is 17.7 Å². The van der Waals surface area contributed by atoms with E-state index < -0.39 is 60.2 Å². The molecule has 0 bridgehead atoms. The number of hydrogen-bond acceptors (Lipinski definition) is 8. The monoisotopic (exact) mass is 573 g/mol. The lowest BCUT2D eigenvalue weighted by Gasteiger charge is -2.25. The molecule has 1 aromatic carbocycles. The number of carboxylic acids is 2. The number of nitrogens with two attached hydrogens (primary N) is 3. The number of amides is 3. The molecule has 0 unspecified atom stereocenters. The van der Waals surface area contributed by atoms with Crippen molar-refractivity contribution in [3.63, 3.8) is 0 Å². The Bertz CT molecular complexity index is 1200. The first-order valence-electron chi connectivity index (χ1n) is 12.6. The molecule has 2 rings (SSSR count). The second-order valence-electron chi connectivity index (χ2n) is 9.15. The van der Waals surface area contributed by atoms with Crippen molar-refractivity contribution < 1.29 is 34.2 Å². The molecule has 222 valence electrons. The van der Waals surface area contributed by atoms with Gasteiger partial charge in [0.1, 0.15) is 18.1 Å². The number of hydrogen-bond donors (Lipinski definition) is 9. The van der Waals surface area contributed by atoms with E-state index in [0.717, 1.165) is 0 Å². The SMILES string of the molecule is NC(N)=NCCC[C@H](NC(=O)[C@H](Cc1ccccc1)NC(=O)[C@@H](N)Cc1cnc[nH]1)C(=O)N[C@@H](CC(=O)O)C(=O)O. The second-order valence-corrected chi connectivity index (χ2v) is 9.15. The van der Waals surface area contributed by atoms with Gasteiger partial charge in [-0.15, -0.1) is 0 Å². The summed E-state index contributed by atoms with van der Waals surface area (Å²) in [4.78, 5) is 72.4. The fourth-order valence-electron chi connectivity index (χ4n) is 3.76. The summed E-state index contributed by atoms with van der Waals surface area (Å²) in [6, 6.07) is 3.56. The molecule has 1 heterocycles. The van der Waals surface area contributed by atoms with Gasteiger partial charge in [0, 0.05) is 31.3 Å². The van der Waals surface area contributed by atoms with Crippen LogP contribution in [0.4, 0.5) is 0 Å². The minimum Gasteiger partial charge on any atom is -0.481 e. The maximum atomic E-state index is 13.4. The number of aliphatic carboxylic acids is 2. The molecule has 4 atom stereocenters. The van der Waals surface area contributed by atoms with Crippen molar-refractivity contribution in [3.05, 3.63) is 54.1 Å². The number of carboxylic acid groups (broad SMARTS) is 2. The quantitative estimate of drug-likeness (QED) is 0.0545. The molecule has 0 spiro atoms. The lowest BCUT2D eigenvalue weighted by Crippen LogP contribution is -2.58. The van der Waals surface area contributed by atoms with Gasteiger partial charge in [0.15, 0.2) is 5.96 Å². The van der Waals surface area contributed by atoms with Crippen molar-refractivity contribution in [2.75, 3.05) is 6.54 Å². The summed E-state index contributed by atoms with van der Waals surface area (Å²) in [7, 11) is 0. The zero-order valence-corrected chi connectivity index (χ0v) is 22.2. The number of aliphatic imine (C=N–C) groups is 1. The van der Waals surface area contributed by atoms with Crippen LogP contribution in [0.15, 0.2) is 47.8 Å². The van der Waals surface area contributed by atoms with Crippen molar-refractivity contribution in [1.29, 1.82) is 0 Å². The molecular formula is C25H35N9O7. The zero-order valence-electron chi connectivity index (χ0n) is 22.2. The van der Waals surface area contributed by atoms with Crippen molar-refractivity contribution in [3.8, 4) is 0 Å². The Morgan fingerprint density at radius 1 is 0.902 bits per heavy atom. The molecule has 0 radical (unpaired) electrons. The van der Waals surface area contributed by atoms with E-state index >= 15 is 0 Å². The number of imidazole rings is 1. The smallest absolute Gasteiger partial charge is 0.326 e. The summed E-state index contributed by atoms with van der Waals surface area (Å²) in [5, 5.41) is 25.6. The summed E-state index contributed by atoms with van der Waals surface area (Å²) in [6.45, 7) is 0.103. The topological polar surface area (TPSA) is 281 Å². The van der Waals surface area contributed by atoms with Crippen molar-refractivity contribution in [2.45, 2.75) is 56.3 Å². The van der Waals surface area contributed by atoms with Gasteiger partial charge in [-0.1, -0.05) is 30.3 Å². The number of carbonyl (C=O) groups is 5. The third-order valence-corrected chi connectivity index (χ3v) is 5.82. The van der Waals surface area contributed by atoms with Crippen LogP contribution in [0.5, 0.6) is 0 Å². The molecule has 16 heteroatoms. The Kier molecular flexibility index (Phi) is 12.7. The van der Waals surface area contributed by atoms with Gasteiger partial charge < -0.3 is 48.3 Å². The predicted molar refractivity (Wildman–Crippen MR) is 146 cm³/mol. The molecule has 16 nitrogen and oxygen atoms in total. The Morgan fingerprint density at radius 2 is 1.54 bits per heavy atom. The predicted octanol–water partition coefficient (Wildman–Crippen LogP) is -2.41. The van der Waals surface area contributed by atoms with Crippen LogP contribution in [0, 0.1) is 0 Å². The lowest BCUT2D eigenvalue weighted by molar-refractivity contribution is -0.147. The largest absolute Gasteiger partial charge is 0.481 e. The summed E-state index contributed by atoms with van der Waals surface area (Å²) in [6.07, 6.45) is 2.43. The molecule has 0 aliphatic carbocycles. The molecule has 0 aliphatic rings. The number of nitrogens with one attached hydrogen (secondary N) is 4. The van der Waals surface area contributed by atoms with Crippen LogP contribution >= 0.6 is 0 Å². The van der Waals surface area contributed by atoms with E-state index in [0.29, 0.717) is 11.3 Å². The van der Waals surface area contributed by atoms with Gasteiger partial charge in [0.25, 0.3) is 0 Å². The summed E-state index contributed by atoms with van der Waals surface area (Å²) in [5.74, 6) is -5.49. The Hall–Kier alpha value is -4.99. The van der Waals surface area contributed by atoms with Gasteiger partial charge in [-0.3, -0.25) is 24.2 Å². The molecular weight excluding hydrogens is 538 g/mol. The normalized spacial score (nSPS) is 13.6. The minimum absolute atomic E-state index is 0.0287. The maximum Gasteiger partial charge on any atom is 0.326 e. The van der Waals surface area contributed by atoms with Gasteiger partial charge in [-0.2, -0.15) is 0 Å². The van der Waals surface area contributed by atoms with E-state index in [9.17, 15) is 29.1 Å². The molecule has 0 saturated heterocycles. The number of guanidine groups is 1. The van der Waals surface area contributed by atoms with E-state index in [4.69, 9.17) is 22.3 Å². The van der Waals surface area contributed by atoms with Gasteiger partial charge in [0.05, 0.1) is 18.8 Å². The average Bonchev–Trinajstić information content (AvgIpc) is 3.42. The molecule has 1 aromatic heterocycles. The number of aromatic amines is 1. The van der Waals surface area contributed by atoms with Crippen molar-refractivity contribution in [1.82, 2.24) is 25.9 Å². The third-order valence-electron chi connectivity index (χ3n) is 5.82. The fourth-order valence-corrected chi connectivity index (χ4v) is 3.76. The van der Waals surface area contributed by atoms with E-state index in [-0.39, 0.29) is 38.2 Å². The Balaban J connectivity index is 2.23. The highest BCUT2D eigenvalue weighted by atomic mass is 16.4. The molecule has 12 N–H and O–H groups in total. The van der Waals surface area contributed by atoms with E-state index in [1.165, 1.54) is 12.5 Å². The average molecular weight is 574 g/mol. The highest BCUT2D eigenvalue weighted by Gasteiger charge is 2.31. The number of H-pyrrole nitrogens is 1. The van der Waals surface area contributed by atoms with Gasteiger partial charge in [-0.25, -0.2) is 9.78 Å².